The zero-order valence-corrected chi connectivity index (χ0v) is 17.1. The lowest BCUT2D eigenvalue weighted by molar-refractivity contribution is -0.137. The normalized spacial score (nSPS) is 11.8. The standard InChI is InChI=1S/C27H22F4/c1-2-3-4-18-5-6-21-16-22(8-7-20(21)15-18)23-11-14-25(26(28)17-23)19-9-12-24(13-10-19)27(29,30)31/h5-17H,2-4H2,1H3. The minimum atomic E-state index is -4.41. The van der Waals surface area contributed by atoms with E-state index in [1.54, 1.807) is 12.1 Å². The van der Waals surface area contributed by atoms with Gasteiger partial charge in [0.15, 0.2) is 0 Å². The molecule has 0 saturated carbocycles. The topological polar surface area (TPSA) is 0 Å². The van der Waals surface area contributed by atoms with Crippen LogP contribution < -0.4 is 0 Å². The molecule has 0 saturated heterocycles. The molecule has 0 radical (unpaired) electrons. The number of halogens is 4. The van der Waals surface area contributed by atoms with Crippen LogP contribution in [-0.4, -0.2) is 0 Å². The van der Waals surface area contributed by atoms with Crippen LogP contribution in [0.2, 0.25) is 0 Å². The third-order valence-electron chi connectivity index (χ3n) is 5.55. The number of rotatable bonds is 5. The van der Waals surface area contributed by atoms with Crippen LogP contribution in [0.15, 0.2) is 78.9 Å². The Morgan fingerprint density at radius 3 is 1.97 bits per heavy atom. The second-order valence-electron chi connectivity index (χ2n) is 7.77. The molecule has 0 bridgehead atoms. The third-order valence-corrected chi connectivity index (χ3v) is 5.55. The van der Waals surface area contributed by atoms with Gasteiger partial charge in [0.2, 0.25) is 0 Å². The minimum Gasteiger partial charge on any atom is -0.206 e. The first-order chi connectivity index (χ1) is 14.8. The van der Waals surface area contributed by atoms with Crippen LogP contribution in [-0.2, 0) is 12.6 Å². The monoisotopic (exact) mass is 422 g/mol. The molecule has 0 nitrogen and oxygen atoms in total. The van der Waals surface area contributed by atoms with Crippen LogP contribution >= 0.6 is 0 Å². The maximum Gasteiger partial charge on any atom is 0.416 e. The van der Waals surface area contributed by atoms with E-state index >= 15 is 0 Å². The first-order valence-electron chi connectivity index (χ1n) is 10.4. The molecule has 0 amide bonds. The molecule has 31 heavy (non-hydrogen) atoms. The van der Waals surface area contributed by atoms with Crippen molar-refractivity contribution in [1.29, 1.82) is 0 Å². The van der Waals surface area contributed by atoms with Gasteiger partial charge in [0, 0.05) is 5.56 Å². The van der Waals surface area contributed by atoms with Gasteiger partial charge in [0.25, 0.3) is 0 Å². The van der Waals surface area contributed by atoms with Gasteiger partial charge < -0.3 is 0 Å². The van der Waals surface area contributed by atoms with E-state index in [0.29, 0.717) is 5.56 Å². The Kier molecular flexibility index (Phi) is 5.81. The molecule has 4 aromatic carbocycles. The van der Waals surface area contributed by atoms with Gasteiger partial charge in [-0.05, 0) is 70.1 Å². The molecule has 0 spiro atoms. The Balaban J connectivity index is 1.62. The summed E-state index contributed by atoms with van der Waals surface area (Å²) in [7, 11) is 0. The molecule has 0 N–H and O–H groups in total. The molecule has 0 fully saturated rings. The van der Waals surface area contributed by atoms with Crippen molar-refractivity contribution >= 4 is 10.8 Å². The Hall–Kier alpha value is -3.14. The second kappa shape index (κ2) is 8.54. The highest BCUT2D eigenvalue weighted by atomic mass is 19.4. The van der Waals surface area contributed by atoms with E-state index < -0.39 is 17.6 Å². The highest BCUT2D eigenvalue weighted by Crippen LogP contribution is 2.33. The first-order valence-corrected chi connectivity index (χ1v) is 10.4. The van der Waals surface area contributed by atoms with Gasteiger partial charge in [-0.15, -0.1) is 0 Å². The quantitative estimate of drug-likeness (QED) is 0.282. The molecule has 0 aliphatic carbocycles. The molecule has 0 aliphatic rings. The number of aryl methyl sites for hydroxylation is 1. The molecule has 0 heterocycles. The van der Waals surface area contributed by atoms with Crippen LogP contribution in [0.1, 0.15) is 30.9 Å². The Morgan fingerprint density at radius 2 is 1.29 bits per heavy atom. The number of alkyl halides is 3. The average Bonchev–Trinajstić information content (AvgIpc) is 2.76. The van der Waals surface area contributed by atoms with Crippen LogP contribution in [0.5, 0.6) is 0 Å². The fourth-order valence-electron chi connectivity index (χ4n) is 3.78. The molecule has 158 valence electrons. The van der Waals surface area contributed by atoms with E-state index in [-0.39, 0.29) is 5.56 Å². The van der Waals surface area contributed by atoms with Crippen molar-refractivity contribution in [3.8, 4) is 22.3 Å². The van der Waals surface area contributed by atoms with Crippen molar-refractivity contribution in [2.75, 3.05) is 0 Å². The fourth-order valence-corrected chi connectivity index (χ4v) is 3.78. The smallest absolute Gasteiger partial charge is 0.206 e. The van der Waals surface area contributed by atoms with E-state index in [1.807, 2.05) is 18.2 Å². The Morgan fingerprint density at radius 1 is 0.677 bits per heavy atom. The van der Waals surface area contributed by atoms with Gasteiger partial charge in [-0.2, -0.15) is 13.2 Å². The van der Waals surface area contributed by atoms with Crippen molar-refractivity contribution in [2.45, 2.75) is 32.4 Å². The largest absolute Gasteiger partial charge is 0.416 e. The van der Waals surface area contributed by atoms with Crippen molar-refractivity contribution in [1.82, 2.24) is 0 Å². The number of hydrogen-bond donors (Lipinski definition) is 0. The van der Waals surface area contributed by atoms with Crippen LogP contribution in [0, 0.1) is 5.82 Å². The summed E-state index contributed by atoms with van der Waals surface area (Å²) < 4.78 is 53.1. The van der Waals surface area contributed by atoms with Crippen molar-refractivity contribution < 1.29 is 17.6 Å². The van der Waals surface area contributed by atoms with Crippen LogP contribution in [0.4, 0.5) is 17.6 Å². The molecule has 4 aromatic rings. The lowest BCUT2D eigenvalue weighted by atomic mass is 9.96. The molecule has 0 atom stereocenters. The Labute approximate surface area is 179 Å². The van der Waals surface area contributed by atoms with Crippen molar-refractivity contribution in [3.63, 3.8) is 0 Å². The zero-order valence-electron chi connectivity index (χ0n) is 17.1. The molecule has 0 aromatic heterocycles. The summed E-state index contributed by atoms with van der Waals surface area (Å²) in [6, 6.07) is 21.9. The fraction of sp³-hybridized carbons (Fsp3) is 0.185. The third kappa shape index (κ3) is 4.63. The predicted octanol–water partition coefficient (Wildman–Crippen LogP) is 8.67. The summed E-state index contributed by atoms with van der Waals surface area (Å²) in [5, 5.41) is 2.24. The number of benzene rings is 4. The predicted molar refractivity (Wildman–Crippen MR) is 118 cm³/mol. The van der Waals surface area contributed by atoms with Crippen molar-refractivity contribution in [3.05, 3.63) is 95.8 Å². The number of fused-ring (bicyclic) bond motifs is 1. The molecule has 0 unspecified atom stereocenters. The molecular weight excluding hydrogens is 400 g/mol. The molecular formula is C27H22F4. The maximum absolute atomic E-state index is 14.8. The summed E-state index contributed by atoms with van der Waals surface area (Å²) in [6.45, 7) is 2.18. The Bertz CT molecular complexity index is 1200. The summed E-state index contributed by atoms with van der Waals surface area (Å²) in [4.78, 5) is 0. The van der Waals surface area contributed by atoms with E-state index in [4.69, 9.17) is 0 Å². The lowest BCUT2D eigenvalue weighted by Crippen LogP contribution is -2.04. The highest BCUT2D eigenvalue weighted by Gasteiger charge is 2.30. The first kappa shape index (κ1) is 21.1. The van der Waals surface area contributed by atoms with E-state index in [2.05, 4.69) is 25.1 Å². The van der Waals surface area contributed by atoms with Gasteiger partial charge in [-0.3, -0.25) is 0 Å². The summed E-state index contributed by atoms with van der Waals surface area (Å²) in [5.74, 6) is -0.465. The second-order valence-corrected chi connectivity index (χ2v) is 7.77. The molecule has 0 aliphatic heterocycles. The van der Waals surface area contributed by atoms with Gasteiger partial charge in [0.1, 0.15) is 5.82 Å². The highest BCUT2D eigenvalue weighted by molar-refractivity contribution is 5.88. The molecule has 4 heteroatoms. The van der Waals surface area contributed by atoms with Gasteiger partial charge in [-0.1, -0.05) is 67.9 Å². The summed E-state index contributed by atoms with van der Waals surface area (Å²) >= 11 is 0. The van der Waals surface area contributed by atoms with Crippen LogP contribution in [0.25, 0.3) is 33.0 Å². The van der Waals surface area contributed by atoms with E-state index in [9.17, 15) is 17.6 Å². The minimum absolute atomic E-state index is 0.277. The van der Waals surface area contributed by atoms with Crippen molar-refractivity contribution in [2.24, 2.45) is 0 Å². The van der Waals surface area contributed by atoms with Crippen LogP contribution in [0.3, 0.4) is 0 Å². The summed E-state index contributed by atoms with van der Waals surface area (Å²) in [5.41, 5.74) is 2.88. The summed E-state index contributed by atoms with van der Waals surface area (Å²) in [6.07, 6.45) is -1.03. The lowest BCUT2D eigenvalue weighted by Gasteiger charge is -2.10. The SMILES string of the molecule is CCCCc1ccc2cc(-c3ccc(-c4ccc(C(F)(F)F)cc4)c(F)c3)ccc2c1. The van der Waals surface area contributed by atoms with Gasteiger partial charge in [0.05, 0.1) is 5.56 Å². The maximum atomic E-state index is 14.8. The van der Waals surface area contributed by atoms with E-state index in [1.165, 1.54) is 23.8 Å². The average molecular weight is 422 g/mol. The van der Waals surface area contributed by atoms with Gasteiger partial charge >= 0.3 is 6.18 Å². The number of hydrogen-bond acceptors (Lipinski definition) is 0. The number of unbranched alkanes of at least 4 members (excludes halogenated alkanes) is 1. The van der Waals surface area contributed by atoms with Gasteiger partial charge in [-0.25, -0.2) is 4.39 Å². The molecule has 4 rings (SSSR count). The van der Waals surface area contributed by atoms with E-state index in [0.717, 1.165) is 53.3 Å². The zero-order chi connectivity index (χ0) is 22.0.